The average Bonchev–Trinajstić information content (AvgIpc) is 3.32. The molecular formula is C39H33IrN2O2-. The van der Waals surface area contributed by atoms with Gasteiger partial charge in [0.1, 0.15) is 0 Å². The summed E-state index contributed by atoms with van der Waals surface area (Å²) >= 11 is 0. The number of aliphatic hydroxyl groups is 1. The first-order valence-electron chi connectivity index (χ1n) is 14.4. The Morgan fingerprint density at radius 3 is 2.18 bits per heavy atom. The number of carbonyl (C=O) groups excluding carboxylic acids is 1. The van der Waals surface area contributed by atoms with Crippen molar-refractivity contribution in [3.05, 3.63) is 132 Å². The van der Waals surface area contributed by atoms with E-state index in [0.29, 0.717) is 0 Å². The molecule has 1 N–H and O–H groups in total. The number of nitrogens with zero attached hydrogens (tertiary/aromatic N) is 2. The number of allylic oxidation sites excluding steroid dienone is 2. The standard InChI is InChI=1S/C34H25N2.C5H8O2.Ir/c1-21-19-22(2)31-23(3)26(18-17-24(31)20-21)33-32-28-14-8-10-16-30(28)36(25-11-5-4-6-12-25)34(32)27-13-7-9-15-29(27)35-33;1-4(6)3-5(2)7;/h4-17,19-20H,1-3H3;3,6H,1-2H3;/q-1;;/b;4-3-;. The van der Waals surface area contributed by atoms with E-state index < -0.39 is 0 Å². The number of ketones is 1. The van der Waals surface area contributed by atoms with Gasteiger partial charge in [0, 0.05) is 42.6 Å². The molecule has 4 nitrogen and oxygen atoms in total. The number of pyridine rings is 1. The fourth-order valence-electron chi connectivity index (χ4n) is 6.26. The molecule has 44 heavy (non-hydrogen) atoms. The Labute approximate surface area is 271 Å². The predicted octanol–water partition coefficient (Wildman–Crippen LogP) is 9.91. The zero-order valence-electron chi connectivity index (χ0n) is 25.4. The van der Waals surface area contributed by atoms with E-state index in [2.05, 4.69) is 128 Å². The zero-order chi connectivity index (χ0) is 30.2. The second-order valence-corrected chi connectivity index (χ2v) is 11.1. The summed E-state index contributed by atoms with van der Waals surface area (Å²) in [5, 5.41) is 14.4. The van der Waals surface area contributed by atoms with E-state index in [1.165, 1.54) is 69.2 Å². The van der Waals surface area contributed by atoms with Gasteiger partial charge in [0.2, 0.25) is 0 Å². The number of benzene rings is 5. The number of aromatic nitrogens is 2. The van der Waals surface area contributed by atoms with Crippen LogP contribution in [0.2, 0.25) is 0 Å². The maximum absolute atomic E-state index is 10.0. The summed E-state index contributed by atoms with van der Waals surface area (Å²) in [4.78, 5) is 15.3. The largest absolute Gasteiger partial charge is 0.512 e. The van der Waals surface area contributed by atoms with E-state index in [1.807, 2.05) is 0 Å². The van der Waals surface area contributed by atoms with Crippen LogP contribution in [0, 0.1) is 26.8 Å². The summed E-state index contributed by atoms with van der Waals surface area (Å²) in [5.74, 6) is -0.0625. The van der Waals surface area contributed by atoms with Crippen molar-refractivity contribution in [2.24, 2.45) is 0 Å². The van der Waals surface area contributed by atoms with Crippen LogP contribution in [-0.2, 0) is 24.9 Å². The van der Waals surface area contributed by atoms with Gasteiger partial charge in [-0.1, -0.05) is 95.6 Å². The van der Waals surface area contributed by atoms with Crippen LogP contribution < -0.4 is 0 Å². The van der Waals surface area contributed by atoms with E-state index in [4.69, 9.17) is 10.1 Å². The van der Waals surface area contributed by atoms with Crippen LogP contribution in [0.25, 0.3) is 60.4 Å². The summed E-state index contributed by atoms with van der Waals surface area (Å²) < 4.78 is 2.39. The number of hydrogen-bond donors (Lipinski definition) is 1. The van der Waals surface area contributed by atoms with Crippen molar-refractivity contribution < 1.29 is 30.0 Å². The summed E-state index contributed by atoms with van der Waals surface area (Å²) in [6, 6.07) is 38.1. The first-order valence-corrected chi connectivity index (χ1v) is 14.4. The van der Waals surface area contributed by atoms with Gasteiger partial charge in [-0.2, -0.15) is 0 Å². The normalized spacial score (nSPS) is 11.4. The molecule has 0 unspecified atom stereocenters. The summed E-state index contributed by atoms with van der Waals surface area (Å²) in [5.41, 5.74) is 10.4. The zero-order valence-corrected chi connectivity index (χ0v) is 27.8. The minimum atomic E-state index is -0.125. The molecule has 2 aromatic heterocycles. The Morgan fingerprint density at radius 2 is 1.50 bits per heavy atom. The number of fused-ring (bicyclic) bond motifs is 6. The van der Waals surface area contributed by atoms with Gasteiger partial charge in [-0.05, 0) is 63.0 Å². The Kier molecular flexibility index (Phi) is 8.82. The third-order valence-electron chi connectivity index (χ3n) is 7.80. The van der Waals surface area contributed by atoms with Gasteiger partial charge in [0.25, 0.3) is 0 Å². The molecule has 0 bridgehead atoms. The first kappa shape index (κ1) is 30.9. The van der Waals surface area contributed by atoms with Gasteiger partial charge in [0.05, 0.1) is 22.3 Å². The molecule has 0 saturated heterocycles. The predicted molar refractivity (Wildman–Crippen MR) is 179 cm³/mol. The van der Waals surface area contributed by atoms with Crippen LogP contribution in [0.4, 0.5) is 0 Å². The molecule has 0 spiro atoms. The summed E-state index contributed by atoms with van der Waals surface area (Å²) in [6.07, 6.45) is 1.17. The van der Waals surface area contributed by atoms with E-state index in [-0.39, 0.29) is 31.6 Å². The van der Waals surface area contributed by atoms with Gasteiger partial charge >= 0.3 is 0 Å². The number of carbonyl (C=O) groups is 1. The van der Waals surface area contributed by atoms with E-state index >= 15 is 0 Å². The number of aryl methyl sites for hydroxylation is 3. The fraction of sp³-hybridized carbons (Fsp3) is 0.128. The first-order chi connectivity index (χ1) is 20.7. The van der Waals surface area contributed by atoms with Crippen molar-refractivity contribution in [3.8, 4) is 16.9 Å². The van der Waals surface area contributed by atoms with Gasteiger partial charge in [-0.15, -0.1) is 23.3 Å². The maximum atomic E-state index is 10.0. The summed E-state index contributed by atoms with van der Waals surface area (Å²) in [7, 11) is 0. The minimum Gasteiger partial charge on any atom is -0.512 e. The number of hydrogen-bond acceptors (Lipinski definition) is 3. The molecule has 7 rings (SSSR count). The van der Waals surface area contributed by atoms with E-state index in [0.717, 1.165) is 27.8 Å². The van der Waals surface area contributed by atoms with Crippen LogP contribution in [0.3, 0.4) is 0 Å². The Bertz CT molecular complexity index is 2210. The Hall–Kier alpha value is -4.57. The van der Waals surface area contributed by atoms with Crippen molar-refractivity contribution in [2.45, 2.75) is 34.6 Å². The van der Waals surface area contributed by atoms with Crippen LogP contribution in [0.5, 0.6) is 0 Å². The van der Waals surface area contributed by atoms with Crippen LogP contribution in [0.1, 0.15) is 30.5 Å². The molecule has 0 fully saturated rings. The summed E-state index contributed by atoms with van der Waals surface area (Å²) in [6.45, 7) is 9.43. The average molecular weight is 754 g/mol. The van der Waals surface area contributed by atoms with Crippen LogP contribution >= 0.6 is 0 Å². The van der Waals surface area contributed by atoms with Gasteiger partial charge in [-0.3, -0.25) is 9.78 Å². The van der Waals surface area contributed by atoms with Crippen LogP contribution in [-0.4, -0.2) is 20.4 Å². The molecule has 0 amide bonds. The fourth-order valence-corrected chi connectivity index (χ4v) is 6.26. The van der Waals surface area contributed by atoms with E-state index in [9.17, 15) is 4.79 Å². The van der Waals surface area contributed by atoms with Gasteiger partial charge in [0.15, 0.2) is 5.78 Å². The smallest absolute Gasteiger partial charge is 0.155 e. The number of aliphatic hydroxyl groups excluding tert-OH is 1. The molecular weight excluding hydrogens is 721 g/mol. The molecule has 0 aliphatic carbocycles. The molecule has 2 heterocycles. The topological polar surface area (TPSA) is 55.1 Å². The van der Waals surface area contributed by atoms with Crippen LogP contribution in [0.15, 0.2) is 109 Å². The molecule has 1 radical (unpaired) electrons. The van der Waals surface area contributed by atoms with Crippen molar-refractivity contribution >= 4 is 49.3 Å². The maximum Gasteiger partial charge on any atom is 0.155 e. The molecule has 0 aliphatic rings. The van der Waals surface area contributed by atoms with Crippen molar-refractivity contribution in [1.29, 1.82) is 0 Å². The minimum absolute atomic E-state index is 0. The molecule has 5 aromatic carbocycles. The molecule has 0 atom stereocenters. The molecule has 0 saturated carbocycles. The van der Waals surface area contributed by atoms with Crippen molar-refractivity contribution in [3.63, 3.8) is 0 Å². The van der Waals surface area contributed by atoms with Gasteiger partial charge in [-0.25, -0.2) is 0 Å². The number of rotatable bonds is 3. The molecule has 5 heteroatoms. The molecule has 221 valence electrons. The van der Waals surface area contributed by atoms with Crippen molar-refractivity contribution in [1.82, 2.24) is 9.55 Å². The third-order valence-corrected chi connectivity index (χ3v) is 7.80. The van der Waals surface area contributed by atoms with Crippen molar-refractivity contribution in [2.75, 3.05) is 0 Å². The Morgan fingerprint density at radius 1 is 0.841 bits per heavy atom. The molecule has 7 aromatic rings. The second-order valence-electron chi connectivity index (χ2n) is 11.1. The van der Waals surface area contributed by atoms with Gasteiger partial charge < -0.3 is 9.67 Å². The Balaban J connectivity index is 0.000000433. The quantitative estimate of drug-likeness (QED) is 0.111. The monoisotopic (exact) mass is 754 g/mol. The molecule has 0 aliphatic heterocycles. The third kappa shape index (κ3) is 5.57. The number of para-hydroxylation sites is 3. The van der Waals surface area contributed by atoms with E-state index in [1.54, 1.807) is 0 Å². The SMILES string of the molecule is CC(=O)/C=C(/C)O.Cc1cc(C)c2c(C)c(-c3nc4ccccc4c4c3c3ccccc3n4-c3ccccc3)[c-]cc2c1.[Ir]. The second kappa shape index (κ2) is 12.6.